The Balaban J connectivity index is 2.41. The fraction of sp³-hybridized carbons (Fsp3) is 0. The molecule has 0 aliphatic rings. The summed E-state index contributed by atoms with van der Waals surface area (Å²) >= 11 is 17.3. The Morgan fingerprint density at radius 1 is 1.12 bits per heavy atom. The minimum Gasteiger partial charge on any atom is -0.349 e. The summed E-state index contributed by atoms with van der Waals surface area (Å²) in [5, 5.41) is 10.3. The van der Waals surface area contributed by atoms with Gasteiger partial charge in [-0.2, -0.15) is 0 Å². The van der Waals surface area contributed by atoms with Gasteiger partial charge in [0.1, 0.15) is 5.82 Å². The smallest absolute Gasteiger partial charge is 0.175 e. The summed E-state index contributed by atoms with van der Waals surface area (Å²) < 4.78 is 13.5. The molecule has 0 aliphatic carbocycles. The van der Waals surface area contributed by atoms with Gasteiger partial charge in [-0.3, -0.25) is 0 Å². The predicted octanol–water partition coefficient (Wildman–Crippen LogP) is 4.32. The van der Waals surface area contributed by atoms with Gasteiger partial charge in [-0.15, -0.1) is 10.2 Å². The molecular weight excluding hydrogens is 287 g/mol. The van der Waals surface area contributed by atoms with Crippen molar-refractivity contribution < 1.29 is 4.39 Å². The van der Waals surface area contributed by atoms with Crippen LogP contribution in [0.3, 0.4) is 0 Å². The van der Waals surface area contributed by atoms with Gasteiger partial charge in [-0.1, -0.05) is 40.9 Å². The van der Waals surface area contributed by atoms with Gasteiger partial charge in [0.25, 0.3) is 0 Å². The molecule has 17 heavy (non-hydrogen) atoms. The van der Waals surface area contributed by atoms with Crippen LogP contribution in [-0.2, 0) is 0 Å². The lowest BCUT2D eigenvalue weighted by Gasteiger charge is -2.10. The zero-order valence-corrected chi connectivity index (χ0v) is 10.5. The summed E-state index contributed by atoms with van der Waals surface area (Å²) in [4.78, 5) is 0. The van der Waals surface area contributed by atoms with Crippen molar-refractivity contribution in [1.29, 1.82) is 0 Å². The fourth-order valence-electron chi connectivity index (χ4n) is 1.19. The molecule has 0 fully saturated rings. The number of aromatic nitrogens is 2. The monoisotopic (exact) mass is 291 g/mol. The highest BCUT2D eigenvalue weighted by Gasteiger charge is 2.10. The molecule has 0 atom stereocenters. The molecule has 0 unspecified atom stereocenters. The Hall–Kier alpha value is -1.10. The third-order valence-electron chi connectivity index (χ3n) is 1.94. The maximum absolute atomic E-state index is 13.5. The molecule has 1 aromatic heterocycles. The Kier molecular flexibility index (Phi) is 3.66. The molecule has 3 nitrogen and oxygen atoms in total. The minimum atomic E-state index is -0.499. The van der Waals surface area contributed by atoms with Crippen molar-refractivity contribution in [2.75, 3.05) is 5.32 Å². The Morgan fingerprint density at radius 2 is 1.88 bits per heavy atom. The Morgan fingerprint density at radius 3 is 2.59 bits per heavy atom. The molecule has 0 saturated carbocycles. The lowest BCUT2D eigenvalue weighted by atomic mass is 10.3. The van der Waals surface area contributed by atoms with Crippen LogP contribution in [-0.4, -0.2) is 10.2 Å². The lowest BCUT2D eigenvalue weighted by molar-refractivity contribution is 0.632. The van der Waals surface area contributed by atoms with Crippen molar-refractivity contribution in [2.45, 2.75) is 0 Å². The van der Waals surface area contributed by atoms with Crippen molar-refractivity contribution in [3.05, 3.63) is 45.4 Å². The van der Waals surface area contributed by atoms with E-state index in [1.165, 1.54) is 18.2 Å². The molecule has 7 heteroatoms. The second-order valence-electron chi connectivity index (χ2n) is 3.09. The zero-order valence-electron chi connectivity index (χ0n) is 8.22. The highest BCUT2D eigenvalue weighted by molar-refractivity contribution is 6.35. The molecule has 0 spiro atoms. The number of anilines is 2. The average Bonchev–Trinajstić information content (AvgIpc) is 2.28. The van der Waals surface area contributed by atoms with E-state index < -0.39 is 5.82 Å². The van der Waals surface area contributed by atoms with Crippen LogP contribution in [0.25, 0.3) is 0 Å². The fourth-order valence-corrected chi connectivity index (χ4v) is 1.69. The van der Waals surface area contributed by atoms with Crippen LogP contribution >= 0.6 is 34.8 Å². The first-order valence-corrected chi connectivity index (χ1v) is 5.61. The minimum absolute atomic E-state index is 0.0775. The first-order chi connectivity index (χ1) is 8.08. The maximum atomic E-state index is 13.5. The van der Waals surface area contributed by atoms with E-state index in [-0.39, 0.29) is 21.0 Å². The van der Waals surface area contributed by atoms with Gasteiger partial charge in [-0.05, 0) is 12.1 Å². The van der Waals surface area contributed by atoms with E-state index in [0.717, 1.165) is 0 Å². The SMILES string of the molecule is Fc1cccc(Cl)c1Nc1cc(Cl)nnc1Cl. The van der Waals surface area contributed by atoms with Gasteiger partial charge in [0.15, 0.2) is 10.3 Å². The first-order valence-electron chi connectivity index (χ1n) is 4.47. The quantitative estimate of drug-likeness (QED) is 0.895. The Labute approximate surface area is 112 Å². The van der Waals surface area contributed by atoms with Crippen LogP contribution in [0.15, 0.2) is 24.3 Å². The number of nitrogens with zero attached hydrogens (tertiary/aromatic N) is 2. The van der Waals surface area contributed by atoms with E-state index in [0.29, 0.717) is 5.69 Å². The van der Waals surface area contributed by atoms with E-state index in [1.54, 1.807) is 6.07 Å². The molecule has 2 rings (SSSR count). The number of rotatable bonds is 2. The van der Waals surface area contributed by atoms with Gasteiger partial charge in [0.05, 0.1) is 16.4 Å². The van der Waals surface area contributed by atoms with E-state index in [4.69, 9.17) is 34.8 Å². The number of para-hydroxylation sites is 1. The summed E-state index contributed by atoms with van der Waals surface area (Å²) in [7, 11) is 0. The standard InChI is InChI=1S/C10H5Cl3FN3/c11-5-2-1-3-6(14)9(5)15-7-4-8(12)16-17-10(7)13/h1-4H,(H,15,16). The second-order valence-corrected chi connectivity index (χ2v) is 4.25. The lowest BCUT2D eigenvalue weighted by Crippen LogP contribution is -1.97. The van der Waals surface area contributed by atoms with Crippen LogP contribution < -0.4 is 5.32 Å². The van der Waals surface area contributed by atoms with Gasteiger partial charge in [0, 0.05) is 6.07 Å². The van der Waals surface area contributed by atoms with Crippen molar-refractivity contribution in [1.82, 2.24) is 10.2 Å². The number of benzene rings is 1. The summed E-state index contributed by atoms with van der Waals surface area (Å²) in [6.07, 6.45) is 0. The van der Waals surface area contributed by atoms with E-state index in [9.17, 15) is 4.39 Å². The van der Waals surface area contributed by atoms with Crippen molar-refractivity contribution in [3.8, 4) is 0 Å². The number of hydrogen-bond donors (Lipinski definition) is 1. The van der Waals surface area contributed by atoms with Gasteiger partial charge in [-0.25, -0.2) is 4.39 Å². The Bertz CT molecular complexity index is 542. The van der Waals surface area contributed by atoms with Crippen LogP contribution in [0, 0.1) is 5.82 Å². The largest absolute Gasteiger partial charge is 0.349 e. The number of halogens is 4. The summed E-state index contributed by atoms with van der Waals surface area (Å²) in [5.74, 6) is -0.499. The topological polar surface area (TPSA) is 37.8 Å². The van der Waals surface area contributed by atoms with E-state index in [1.807, 2.05) is 0 Å². The molecule has 1 aromatic carbocycles. The molecule has 1 heterocycles. The number of hydrogen-bond acceptors (Lipinski definition) is 3. The van der Waals surface area contributed by atoms with Crippen molar-refractivity contribution >= 4 is 46.2 Å². The maximum Gasteiger partial charge on any atom is 0.175 e. The molecular formula is C10H5Cl3FN3. The van der Waals surface area contributed by atoms with Crippen LogP contribution in [0.4, 0.5) is 15.8 Å². The predicted molar refractivity (Wildman–Crippen MR) is 66.7 cm³/mol. The normalized spacial score (nSPS) is 10.4. The summed E-state index contributed by atoms with van der Waals surface area (Å²) in [6, 6.07) is 5.76. The van der Waals surface area contributed by atoms with Crippen LogP contribution in [0.2, 0.25) is 15.3 Å². The third kappa shape index (κ3) is 2.77. The number of nitrogens with one attached hydrogen (secondary N) is 1. The molecule has 88 valence electrons. The molecule has 2 aromatic rings. The van der Waals surface area contributed by atoms with Gasteiger partial charge < -0.3 is 5.32 Å². The zero-order chi connectivity index (χ0) is 12.4. The average molecular weight is 293 g/mol. The molecule has 0 saturated heterocycles. The third-order valence-corrected chi connectivity index (χ3v) is 2.72. The molecule has 0 radical (unpaired) electrons. The highest BCUT2D eigenvalue weighted by atomic mass is 35.5. The first kappa shape index (κ1) is 12.4. The van der Waals surface area contributed by atoms with Gasteiger partial charge >= 0.3 is 0 Å². The van der Waals surface area contributed by atoms with Crippen LogP contribution in [0.5, 0.6) is 0 Å². The van der Waals surface area contributed by atoms with Crippen LogP contribution in [0.1, 0.15) is 0 Å². The molecule has 0 amide bonds. The highest BCUT2D eigenvalue weighted by Crippen LogP contribution is 2.31. The summed E-state index contributed by atoms with van der Waals surface area (Å²) in [5.41, 5.74) is 0.443. The molecule has 0 aliphatic heterocycles. The van der Waals surface area contributed by atoms with Gasteiger partial charge in [0.2, 0.25) is 0 Å². The molecule has 1 N–H and O–H groups in total. The van der Waals surface area contributed by atoms with Crippen molar-refractivity contribution in [2.24, 2.45) is 0 Å². The summed E-state index contributed by atoms with van der Waals surface area (Å²) in [6.45, 7) is 0. The molecule has 0 bridgehead atoms. The van der Waals surface area contributed by atoms with E-state index in [2.05, 4.69) is 15.5 Å². The second kappa shape index (κ2) is 5.04. The van der Waals surface area contributed by atoms with Crippen molar-refractivity contribution in [3.63, 3.8) is 0 Å². The van der Waals surface area contributed by atoms with E-state index >= 15 is 0 Å².